The van der Waals surface area contributed by atoms with E-state index in [-0.39, 0.29) is 5.56 Å². The highest BCUT2D eigenvalue weighted by Gasteiger charge is 2.30. The van der Waals surface area contributed by atoms with Crippen LogP contribution in [0.15, 0.2) is 29.1 Å². The van der Waals surface area contributed by atoms with Crippen LogP contribution in [0.1, 0.15) is 46.6 Å². The largest absolute Gasteiger partial charge is 0.309 e. The molecule has 6 rings (SSSR count). The molecule has 0 radical (unpaired) electrons. The van der Waals surface area contributed by atoms with Crippen LogP contribution in [-0.4, -0.2) is 26.4 Å². The van der Waals surface area contributed by atoms with Crippen LogP contribution in [0.3, 0.4) is 0 Å². The lowest BCUT2D eigenvalue weighted by Crippen LogP contribution is -2.25. The number of aromatic nitrogens is 3. The minimum atomic E-state index is 0.0372. The Morgan fingerprint density at radius 1 is 1.14 bits per heavy atom. The van der Waals surface area contributed by atoms with Crippen molar-refractivity contribution in [2.75, 3.05) is 6.54 Å². The van der Waals surface area contributed by atoms with Crippen LogP contribution in [0.4, 0.5) is 0 Å². The highest BCUT2D eigenvalue weighted by Crippen LogP contribution is 2.38. The van der Waals surface area contributed by atoms with Gasteiger partial charge in [0, 0.05) is 4.88 Å². The van der Waals surface area contributed by atoms with E-state index in [0.717, 1.165) is 60.2 Å². The molecular formula is C21H20N4OS2. The number of para-hydroxylation sites is 1. The lowest BCUT2D eigenvalue weighted by molar-refractivity contribution is 0.242. The second-order valence-corrected chi connectivity index (χ2v) is 9.84. The summed E-state index contributed by atoms with van der Waals surface area (Å²) in [6.07, 6.45) is 5.54. The van der Waals surface area contributed by atoms with E-state index in [1.54, 1.807) is 22.7 Å². The Morgan fingerprint density at radius 3 is 3.00 bits per heavy atom. The number of benzene rings is 1. The molecule has 1 saturated heterocycles. The third-order valence-electron chi connectivity index (χ3n) is 5.94. The minimum absolute atomic E-state index is 0.0372. The minimum Gasteiger partial charge on any atom is -0.309 e. The number of likely N-dealkylation sites (tertiary alicyclic amines) is 1. The first-order chi connectivity index (χ1) is 13.8. The number of fused-ring (bicyclic) bond motifs is 4. The predicted octanol–water partition coefficient (Wildman–Crippen LogP) is 4.42. The Kier molecular flexibility index (Phi) is 3.89. The Balaban J connectivity index is 1.33. The SMILES string of the molecule is O=c1[nH]c(CN2CCC[C@H]2c2nc3ccccc3s2)nc2sc3c(c12)CCC3. The molecule has 1 aliphatic heterocycles. The van der Waals surface area contributed by atoms with Crippen LogP contribution in [0.2, 0.25) is 0 Å². The third-order valence-corrected chi connectivity index (χ3v) is 8.26. The summed E-state index contributed by atoms with van der Waals surface area (Å²) in [6.45, 7) is 1.69. The van der Waals surface area contributed by atoms with Crippen LogP contribution < -0.4 is 5.56 Å². The number of hydrogen-bond acceptors (Lipinski definition) is 6. The fraction of sp³-hybridized carbons (Fsp3) is 0.381. The molecule has 7 heteroatoms. The topological polar surface area (TPSA) is 61.9 Å². The van der Waals surface area contributed by atoms with Gasteiger partial charge in [-0.25, -0.2) is 9.97 Å². The number of aromatic amines is 1. The van der Waals surface area contributed by atoms with Gasteiger partial charge in [-0.2, -0.15) is 0 Å². The van der Waals surface area contributed by atoms with E-state index >= 15 is 0 Å². The number of hydrogen-bond donors (Lipinski definition) is 1. The van der Waals surface area contributed by atoms with E-state index in [0.29, 0.717) is 12.6 Å². The van der Waals surface area contributed by atoms with Gasteiger partial charge in [-0.15, -0.1) is 22.7 Å². The highest BCUT2D eigenvalue weighted by molar-refractivity contribution is 7.19. The van der Waals surface area contributed by atoms with E-state index in [1.165, 1.54) is 20.1 Å². The van der Waals surface area contributed by atoms with Crippen molar-refractivity contribution < 1.29 is 0 Å². The average Bonchev–Trinajstić information content (AvgIpc) is 3.43. The van der Waals surface area contributed by atoms with Gasteiger partial charge in [0.15, 0.2) is 0 Å². The molecule has 2 aliphatic rings. The van der Waals surface area contributed by atoms with E-state index in [1.807, 2.05) is 6.07 Å². The monoisotopic (exact) mass is 408 g/mol. The standard InChI is InChI=1S/C21H20N4OS2/c26-19-18-12-5-3-9-15(12)27-21(18)24-17(23-19)11-25-10-4-7-14(25)20-22-13-6-1-2-8-16(13)28-20/h1-2,6,8,14H,3-5,7,9-11H2,(H,23,24,26)/t14-/m0/s1. The molecule has 1 aromatic carbocycles. The number of nitrogens with one attached hydrogen (secondary N) is 1. The summed E-state index contributed by atoms with van der Waals surface area (Å²) in [5, 5.41) is 2.02. The zero-order chi connectivity index (χ0) is 18.7. The van der Waals surface area contributed by atoms with E-state index in [9.17, 15) is 4.79 Å². The van der Waals surface area contributed by atoms with Gasteiger partial charge in [0.2, 0.25) is 0 Å². The number of thiophene rings is 1. The fourth-order valence-electron chi connectivity index (χ4n) is 4.64. The number of thiazole rings is 1. The van der Waals surface area contributed by atoms with Gasteiger partial charge in [-0.05, 0) is 56.3 Å². The van der Waals surface area contributed by atoms with Crippen molar-refractivity contribution in [1.82, 2.24) is 19.9 Å². The second-order valence-electron chi connectivity index (χ2n) is 7.70. The van der Waals surface area contributed by atoms with Crippen molar-refractivity contribution in [3.8, 4) is 0 Å². The van der Waals surface area contributed by atoms with Crippen LogP contribution in [0.25, 0.3) is 20.4 Å². The van der Waals surface area contributed by atoms with E-state index in [2.05, 4.69) is 28.1 Å². The van der Waals surface area contributed by atoms with Crippen molar-refractivity contribution in [3.63, 3.8) is 0 Å². The molecule has 1 atom stereocenters. The van der Waals surface area contributed by atoms with Crippen molar-refractivity contribution in [2.45, 2.75) is 44.7 Å². The molecule has 28 heavy (non-hydrogen) atoms. The van der Waals surface area contributed by atoms with Crippen LogP contribution in [0.5, 0.6) is 0 Å². The molecule has 3 aromatic heterocycles. The number of rotatable bonds is 3. The molecule has 0 spiro atoms. The van der Waals surface area contributed by atoms with Crippen molar-refractivity contribution in [3.05, 3.63) is 55.9 Å². The van der Waals surface area contributed by atoms with Gasteiger partial charge in [-0.1, -0.05) is 12.1 Å². The maximum absolute atomic E-state index is 12.7. The molecule has 1 aliphatic carbocycles. The number of nitrogens with zero attached hydrogens (tertiary/aromatic N) is 3. The molecular weight excluding hydrogens is 388 g/mol. The molecule has 4 heterocycles. The van der Waals surface area contributed by atoms with Crippen LogP contribution in [0, 0.1) is 0 Å². The lowest BCUT2D eigenvalue weighted by atomic mass is 10.2. The van der Waals surface area contributed by atoms with Crippen molar-refractivity contribution in [1.29, 1.82) is 0 Å². The summed E-state index contributed by atoms with van der Waals surface area (Å²) in [7, 11) is 0. The number of H-pyrrole nitrogens is 1. The van der Waals surface area contributed by atoms with Crippen LogP contribution in [-0.2, 0) is 19.4 Å². The van der Waals surface area contributed by atoms with E-state index < -0.39 is 0 Å². The molecule has 1 N–H and O–H groups in total. The molecule has 0 bridgehead atoms. The molecule has 0 saturated carbocycles. The van der Waals surface area contributed by atoms with Crippen LogP contribution >= 0.6 is 22.7 Å². The molecule has 0 unspecified atom stereocenters. The molecule has 5 nitrogen and oxygen atoms in total. The number of aryl methyl sites for hydroxylation is 2. The first-order valence-electron chi connectivity index (χ1n) is 9.89. The summed E-state index contributed by atoms with van der Waals surface area (Å²) in [5.74, 6) is 0.783. The van der Waals surface area contributed by atoms with Gasteiger partial charge < -0.3 is 4.98 Å². The average molecular weight is 409 g/mol. The third kappa shape index (κ3) is 2.64. The normalized spacial score (nSPS) is 19.8. The first-order valence-corrected chi connectivity index (χ1v) is 11.5. The maximum Gasteiger partial charge on any atom is 0.259 e. The molecule has 1 fully saturated rings. The fourth-order valence-corrected chi connectivity index (χ4v) is 7.06. The quantitative estimate of drug-likeness (QED) is 0.545. The Labute approximate surface area is 170 Å². The predicted molar refractivity (Wildman–Crippen MR) is 114 cm³/mol. The first kappa shape index (κ1) is 16.8. The summed E-state index contributed by atoms with van der Waals surface area (Å²) in [4.78, 5) is 30.2. The Hall–Kier alpha value is -2.09. The van der Waals surface area contributed by atoms with E-state index in [4.69, 9.17) is 9.97 Å². The summed E-state index contributed by atoms with van der Waals surface area (Å²) < 4.78 is 1.24. The molecule has 142 valence electrons. The zero-order valence-electron chi connectivity index (χ0n) is 15.4. The van der Waals surface area contributed by atoms with Gasteiger partial charge in [0.1, 0.15) is 15.7 Å². The van der Waals surface area contributed by atoms with Gasteiger partial charge in [0.25, 0.3) is 5.56 Å². The van der Waals surface area contributed by atoms with Crippen molar-refractivity contribution in [2.24, 2.45) is 0 Å². The summed E-state index contributed by atoms with van der Waals surface area (Å²) in [5.41, 5.74) is 2.36. The Morgan fingerprint density at radius 2 is 2.07 bits per heavy atom. The lowest BCUT2D eigenvalue weighted by Gasteiger charge is -2.21. The molecule has 0 amide bonds. The maximum atomic E-state index is 12.7. The smallest absolute Gasteiger partial charge is 0.259 e. The Bertz CT molecular complexity index is 1220. The summed E-state index contributed by atoms with van der Waals surface area (Å²) in [6, 6.07) is 8.64. The van der Waals surface area contributed by atoms with Gasteiger partial charge in [0.05, 0.1) is 28.2 Å². The highest BCUT2D eigenvalue weighted by atomic mass is 32.1. The second kappa shape index (κ2) is 6.47. The molecule has 4 aromatic rings. The summed E-state index contributed by atoms with van der Waals surface area (Å²) >= 11 is 3.50. The van der Waals surface area contributed by atoms with Gasteiger partial charge in [-0.3, -0.25) is 9.69 Å². The van der Waals surface area contributed by atoms with Gasteiger partial charge >= 0.3 is 0 Å². The zero-order valence-corrected chi connectivity index (χ0v) is 17.0. The van der Waals surface area contributed by atoms with Crippen molar-refractivity contribution >= 4 is 43.1 Å².